The summed E-state index contributed by atoms with van der Waals surface area (Å²) in [6.45, 7) is 4.03. The molecule has 2 rings (SSSR count). The molecular weight excluding hydrogens is 413 g/mol. The van der Waals surface area contributed by atoms with Crippen molar-refractivity contribution in [2.24, 2.45) is 0 Å². The minimum atomic E-state index is -0.970. The standard InChI is InChI=1S/C19H20Cl3NO2S/c1-19(2,25-15-6-4-14(20)5-7-15)18(24)23-9-10-26-12-13-3-8-16(21)17(22)11-13/h3-8,11H,9-10,12H2,1-2H3,(H,23,24). The molecule has 26 heavy (non-hydrogen) atoms. The molecule has 0 aliphatic rings. The normalized spacial score (nSPS) is 11.3. The maximum atomic E-state index is 12.3. The lowest BCUT2D eigenvalue weighted by Gasteiger charge is -2.25. The Morgan fingerprint density at radius 3 is 2.42 bits per heavy atom. The van der Waals surface area contributed by atoms with Gasteiger partial charge in [-0.15, -0.1) is 0 Å². The number of halogens is 3. The number of nitrogens with one attached hydrogen (secondary N) is 1. The molecule has 0 radical (unpaired) electrons. The zero-order valence-electron chi connectivity index (χ0n) is 14.5. The highest BCUT2D eigenvalue weighted by Gasteiger charge is 2.29. The number of carbonyl (C=O) groups is 1. The second-order valence-corrected chi connectivity index (χ2v) is 8.48. The molecular formula is C19H20Cl3NO2S. The van der Waals surface area contributed by atoms with E-state index in [0.717, 1.165) is 17.1 Å². The molecule has 3 nitrogen and oxygen atoms in total. The molecule has 0 aromatic heterocycles. The SMILES string of the molecule is CC(C)(Oc1ccc(Cl)cc1)C(=O)NCCSCc1ccc(Cl)c(Cl)c1. The average Bonchev–Trinajstić information content (AvgIpc) is 2.59. The Morgan fingerprint density at radius 2 is 1.77 bits per heavy atom. The summed E-state index contributed by atoms with van der Waals surface area (Å²) in [6, 6.07) is 12.5. The highest BCUT2D eigenvalue weighted by molar-refractivity contribution is 7.98. The lowest BCUT2D eigenvalue weighted by atomic mass is 10.1. The maximum absolute atomic E-state index is 12.3. The number of thioether (sulfide) groups is 1. The predicted octanol–water partition coefficient (Wildman–Crippen LogP) is 5.85. The number of hydrogen-bond donors (Lipinski definition) is 1. The van der Waals surface area contributed by atoms with E-state index in [2.05, 4.69) is 5.32 Å². The average molecular weight is 433 g/mol. The lowest BCUT2D eigenvalue weighted by molar-refractivity contribution is -0.134. The molecule has 0 bridgehead atoms. The van der Waals surface area contributed by atoms with Crippen molar-refractivity contribution < 1.29 is 9.53 Å². The number of amides is 1. The molecule has 0 aliphatic carbocycles. The molecule has 1 N–H and O–H groups in total. The Morgan fingerprint density at radius 1 is 1.08 bits per heavy atom. The molecule has 0 heterocycles. The minimum Gasteiger partial charge on any atom is -0.478 e. The van der Waals surface area contributed by atoms with Gasteiger partial charge in [-0.2, -0.15) is 11.8 Å². The van der Waals surface area contributed by atoms with Crippen molar-refractivity contribution in [3.63, 3.8) is 0 Å². The third kappa shape index (κ3) is 6.58. The summed E-state index contributed by atoms with van der Waals surface area (Å²) >= 11 is 19.5. The van der Waals surface area contributed by atoms with Gasteiger partial charge in [0.1, 0.15) is 5.75 Å². The van der Waals surface area contributed by atoms with Crippen LogP contribution in [0.5, 0.6) is 5.75 Å². The van der Waals surface area contributed by atoms with Crippen LogP contribution in [-0.4, -0.2) is 23.8 Å². The Labute approximate surface area is 173 Å². The van der Waals surface area contributed by atoms with Crippen LogP contribution in [0.15, 0.2) is 42.5 Å². The second-order valence-electron chi connectivity index (χ2n) is 6.12. The second kappa shape index (κ2) is 9.75. The van der Waals surface area contributed by atoms with E-state index < -0.39 is 5.60 Å². The van der Waals surface area contributed by atoms with Gasteiger partial charge in [-0.25, -0.2) is 0 Å². The molecule has 2 aromatic carbocycles. The molecule has 0 aliphatic heterocycles. The van der Waals surface area contributed by atoms with Crippen LogP contribution in [0.25, 0.3) is 0 Å². The smallest absolute Gasteiger partial charge is 0.263 e. The summed E-state index contributed by atoms with van der Waals surface area (Å²) in [5.74, 6) is 2.02. The van der Waals surface area contributed by atoms with Crippen LogP contribution in [0.1, 0.15) is 19.4 Å². The first-order chi connectivity index (χ1) is 12.3. The fraction of sp³-hybridized carbons (Fsp3) is 0.316. The van der Waals surface area contributed by atoms with E-state index in [4.69, 9.17) is 39.5 Å². The predicted molar refractivity (Wildman–Crippen MR) is 112 cm³/mol. The first kappa shape index (κ1) is 21.2. The highest BCUT2D eigenvalue weighted by Crippen LogP contribution is 2.24. The van der Waals surface area contributed by atoms with Crippen molar-refractivity contribution in [1.82, 2.24) is 5.32 Å². The molecule has 0 saturated carbocycles. The molecule has 1 amide bonds. The van der Waals surface area contributed by atoms with E-state index in [1.807, 2.05) is 12.1 Å². The van der Waals surface area contributed by atoms with Crippen molar-refractivity contribution in [1.29, 1.82) is 0 Å². The van der Waals surface area contributed by atoms with Gasteiger partial charge in [0.05, 0.1) is 10.0 Å². The van der Waals surface area contributed by atoms with E-state index >= 15 is 0 Å². The van der Waals surface area contributed by atoms with Crippen molar-refractivity contribution in [2.45, 2.75) is 25.2 Å². The largest absolute Gasteiger partial charge is 0.478 e. The fourth-order valence-corrected chi connectivity index (χ4v) is 3.37. The molecule has 0 saturated heterocycles. The molecule has 2 aromatic rings. The summed E-state index contributed by atoms with van der Waals surface area (Å²) in [4.78, 5) is 12.3. The Hall–Kier alpha value is -1.07. The topological polar surface area (TPSA) is 38.3 Å². The van der Waals surface area contributed by atoms with Gasteiger partial charge in [0.2, 0.25) is 0 Å². The van der Waals surface area contributed by atoms with Crippen LogP contribution >= 0.6 is 46.6 Å². The third-order valence-corrected chi connectivity index (χ3v) is 5.54. The molecule has 0 spiro atoms. The summed E-state index contributed by atoms with van der Waals surface area (Å²) < 4.78 is 5.76. The Balaban J connectivity index is 1.73. The van der Waals surface area contributed by atoms with Gasteiger partial charge >= 0.3 is 0 Å². The number of benzene rings is 2. The van der Waals surface area contributed by atoms with Gasteiger partial charge in [-0.3, -0.25) is 4.79 Å². The quantitative estimate of drug-likeness (QED) is 0.531. The van der Waals surface area contributed by atoms with Gasteiger partial charge in [-0.05, 0) is 55.8 Å². The van der Waals surface area contributed by atoms with E-state index in [-0.39, 0.29) is 5.91 Å². The molecule has 0 fully saturated rings. The van der Waals surface area contributed by atoms with E-state index in [0.29, 0.717) is 27.4 Å². The summed E-state index contributed by atoms with van der Waals surface area (Å²) in [5, 5.41) is 4.63. The Kier molecular flexibility index (Phi) is 7.96. The first-order valence-electron chi connectivity index (χ1n) is 8.02. The Bertz CT molecular complexity index is 751. The van der Waals surface area contributed by atoms with Crippen LogP contribution in [-0.2, 0) is 10.5 Å². The van der Waals surface area contributed by atoms with Crippen LogP contribution < -0.4 is 10.1 Å². The van der Waals surface area contributed by atoms with Gasteiger partial charge in [0.15, 0.2) is 5.60 Å². The molecule has 140 valence electrons. The van der Waals surface area contributed by atoms with Crippen LogP contribution in [0.4, 0.5) is 0 Å². The van der Waals surface area contributed by atoms with Crippen LogP contribution in [0.3, 0.4) is 0 Å². The highest BCUT2D eigenvalue weighted by atomic mass is 35.5. The van der Waals surface area contributed by atoms with Crippen molar-refractivity contribution in [3.8, 4) is 5.75 Å². The maximum Gasteiger partial charge on any atom is 0.263 e. The van der Waals surface area contributed by atoms with E-state index in [9.17, 15) is 4.79 Å². The third-order valence-electron chi connectivity index (χ3n) is 3.52. The monoisotopic (exact) mass is 431 g/mol. The van der Waals surface area contributed by atoms with Crippen LogP contribution in [0.2, 0.25) is 15.1 Å². The fourth-order valence-electron chi connectivity index (χ4n) is 2.11. The number of hydrogen-bond acceptors (Lipinski definition) is 3. The van der Waals surface area contributed by atoms with Crippen molar-refractivity contribution in [3.05, 3.63) is 63.1 Å². The molecule has 0 unspecified atom stereocenters. The molecule has 7 heteroatoms. The summed E-state index contributed by atoms with van der Waals surface area (Å²) in [7, 11) is 0. The van der Waals surface area contributed by atoms with Gasteiger partial charge in [0.25, 0.3) is 5.91 Å². The number of carbonyl (C=O) groups excluding carboxylic acids is 1. The summed E-state index contributed by atoms with van der Waals surface area (Å²) in [5.41, 5.74) is 0.129. The number of rotatable bonds is 8. The van der Waals surface area contributed by atoms with E-state index in [1.165, 1.54) is 0 Å². The summed E-state index contributed by atoms with van der Waals surface area (Å²) in [6.07, 6.45) is 0. The zero-order chi connectivity index (χ0) is 19.2. The first-order valence-corrected chi connectivity index (χ1v) is 10.3. The zero-order valence-corrected chi connectivity index (χ0v) is 17.6. The van der Waals surface area contributed by atoms with Gasteiger partial charge in [-0.1, -0.05) is 40.9 Å². The van der Waals surface area contributed by atoms with Crippen molar-refractivity contribution in [2.75, 3.05) is 12.3 Å². The number of ether oxygens (including phenoxy) is 1. The lowest BCUT2D eigenvalue weighted by Crippen LogP contribution is -2.47. The molecule has 0 atom stereocenters. The van der Waals surface area contributed by atoms with Gasteiger partial charge < -0.3 is 10.1 Å². The van der Waals surface area contributed by atoms with Crippen LogP contribution in [0, 0.1) is 0 Å². The van der Waals surface area contributed by atoms with Gasteiger partial charge in [0, 0.05) is 23.1 Å². The van der Waals surface area contributed by atoms with E-state index in [1.54, 1.807) is 55.9 Å². The van der Waals surface area contributed by atoms with Crippen molar-refractivity contribution >= 4 is 52.5 Å². The minimum absolute atomic E-state index is 0.164.